The van der Waals surface area contributed by atoms with Crippen LogP contribution >= 0.6 is 0 Å². The van der Waals surface area contributed by atoms with Crippen molar-refractivity contribution in [2.75, 3.05) is 5.73 Å². The normalized spacial score (nSPS) is 11.1. The van der Waals surface area contributed by atoms with Gasteiger partial charge in [-0.25, -0.2) is 4.98 Å². The van der Waals surface area contributed by atoms with Gasteiger partial charge in [0, 0.05) is 17.8 Å². The van der Waals surface area contributed by atoms with Crippen LogP contribution in [0.5, 0.6) is 0 Å². The SMILES string of the molecule is Cc1ccc(-c2nc3ccccc3n2Cc2ccccc2C)cc1N. The first kappa shape index (κ1) is 15.5. The molecule has 2 N–H and O–H groups in total. The van der Waals surface area contributed by atoms with Crippen LogP contribution < -0.4 is 5.73 Å². The molecule has 0 aliphatic heterocycles. The third-order valence-corrected chi connectivity index (χ3v) is 4.78. The van der Waals surface area contributed by atoms with Crippen molar-refractivity contribution in [3.8, 4) is 11.4 Å². The molecule has 1 heterocycles. The Hall–Kier alpha value is -3.07. The fourth-order valence-corrected chi connectivity index (χ4v) is 3.19. The first-order valence-electron chi connectivity index (χ1n) is 8.50. The van der Waals surface area contributed by atoms with Gasteiger partial charge in [-0.1, -0.05) is 48.5 Å². The summed E-state index contributed by atoms with van der Waals surface area (Å²) in [5.41, 5.74) is 13.8. The van der Waals surface area contributed by atoms with Crippen LogP contribution in [0.4, 0.5) is 5.69 Å². The summed E-state index contributed by atoms with van der Waals surface area (Å²) in [5, 5.41) is 0. The summed E-state index contributed by atoms with van der Waals surface area (Å²) in [6, 6.07) is 22.9. The van der Waals surface area contributed by atoms with Gasteiger partial charge in [-0.15, -0.1) is 0 Å². The number of hydrogen-bond donors (Lipinski definition) is 1. The van der Waals surface area contributed by atoms with Crippen molar-refractivity contribution in [1.82, 2.24) is 9.55 Å². The topological polar surface area (TPSA) is 43.8 Å². The molecule has 3 nitrogen and oxygen atoms in total. The van der Waals surface area contributed by atoms with Crippen LogP contribution in [0.2, 0.25) is 0 Å². The lowest BCUT2D eigenvalue weighted by Crippen LogP contribution is -2.04. The third-order valence-electron chi connectivity index (χ3n) is 4.78. The number of hydrogen-bond acceptors (Lipinski definition) is 2. The molecule has 0 fully saturated rings. The average molecular weight is 327 g/mol. The number of nitrogens with zero attached hydrogens (tertiary/aromatic N) is 2. The molecule has 3 aromatic carbocycles. The Morgan fingerprint density at radius 2 is 1.64 bits per heavy atom. The highest BCUT2D eigenvalue weighted by atomic mass is 15.1. The number of para-hydroxylation sites is 2. The molecule has 4 rings (SSSR count). The van der Waals surface area contributed by atoms with E-state index < -0.39 is 0 Å². The fraction of sp³-hybridized carbons (Fsp3) is 0.136. The third kappa shape index (κ3) is 2.78. The number of aromatic nitrogens is 2. The summed E-state index contributed by atoms with van der Waals surface area (Å²) in [7, 11) is 0. The zero-order valence-electron chi connectivity index (χ0n) is 14.5. The van der Waals surface area contributed by atoms with Crippen molar-refractivity contribution < 1.29 is 0 Å². The maximum Gasteiger partial charge on any atom is 0.141 e. The minimum atomic E-state index is 0.788. The summed E-state index contributed by atoms with van der Waals surface area (Å²) in [5.74, 6) is 0.955. The highest BCUT2D eigenvalue weighted by Crippen LogP contribution is 2.28. The Bertz CT molecular complexity index is 1060. The maximum atomic E-state index is 6.14. The molecule has 1 aromatic heterocycles. The summed E-state index contributed by atoms with van der Waals surface area (Å²) >= 11 is 0. The smallest absolute Gasteiger partial charge is 0.141 e. The van der Waals surface area contributed by atoms with Crippen molar-refractivity contribution in [1.29, 1.82) is 0 Å². The van der Waals surface area contributed by atoms with Crippen molar-refractivity contribution in [2.24, 2.45) is 0 Å². The number of nitrogens with two attached hydrogens (primary N) is 1. The van der Waals surface area contributed by atoms with E-state index in [4.69, 9.17) is 10.7 Å². The highest BCUT2D eigenvalue weighted by Gasteiger charge is 2.14. The second-order valence-corrected chi connectivity index (χ2v) is 6.51. The minimum absolute atomic E-state index is 0.788. The summed E-state index contributed by atoms with van der Waals surface area (Å²) in [6.07, 6.45) is 0. The van der Waals surface area contributed by atoms with Crippen LogP contribution in [0.1, 0.15) is 16.7 Å². The number of fused-ring (bicyclic) bond motifs is 1. The monoisotopic (exact) mass is 327 g/mol. The number of nitrogen functional groups attached to an aromatic ring is 1. The van der Waals surface area contributed by atoms with E-state index in [0.29, 0.717) is 0 Å². The van der Waals surface area contributed by atoms with Gasteiger partial charge in [0.25, 0.3) is 0 Å². The molecule has 0 saturated heterocycles. The lowest BCUT2D eigenvalue weighted by molar-refractivity contribution is 0.828. The van der Waals surface area contributed by atoms with Gasteiger partial charge in [0.05, 0.1) is 11.0 Å². The van der Waals surface area contributed by atoms with E-state index in [1.807, 2.05) is 19.1 Å². The van der Waals surface area contributed by atoms with Crippen molar-refractivity contribution in [3.05, 3.63) is 83.4 Å². The Morgan fingerprint density at radius 1 is 0.880 bits per heavy atom. The molecule has 0 saturated carbocycles. The number of aryl methyl sites for hydroxylation is 2. The van der Waals surface area contributed by atoms with Crippen LogP contribution in [0, 0.1) is 13.8 Å². The summed E-state index contributed by atoms with van der Waals surface area (Å²) < 4.78 is 2.28. The predicted octanol–water partition coefficient (Wildman–Crippen LogP) is 4.95. The molecule has 0 atom stereocenters. The second kappa shape index (κ2) is 6.10. The molecule has 124 valence electrons. The van der Waals surface area contributed by atoms with Crippen LogP contribution in [0.25, 0.3) is 22.4 Å². The number of benzene rings is 3. The van der Waals surface area contributed by atoms with Crippen molar-refractivity contribution in [2.45, 2.75) is 20.4 Å². The van der Waals surface area contributed by atoms with Crippen LogP contribution in [0.3, 0.4) is 0 Å². The van der Waals surface area contributed by atoms with Gasteiger partial charge in [0.1, 0.15) is 5.82 Å². The van der Waals surface area contributed by atoms with Gasteiger partial charge >= 0.3 is 0 Å². The molecular weight excluding hydrogens is 306 g/mol. The van der Waals surface area contributed by atoms with Crippen LogP contribution in [0.15, 0.2) is 66.7 Å². The predicted molar refractivity (Wildman–Crippen MR) is 105 cm³/mol. The maximum absolute atomic E-state index is 6.14. The number of rotatable bonds is 3. The zero-order valence-corrected chi connectivity index (χ0v) is 14.5. The molecule has 0 aliphatic rings. The van der Waals surface area contributed by atoms with Crippen molar-refractivity contribution in [3.63, 3.8) is 0 Å². The Labute approximate surface area is 147 Å². The first-order valence-corrected chi connectivity index (χ1v) is 8.50. The molecule has 0 aliphatic carbocycles. The molecule has 4 aromatic rings. The van der Waals surface area contributed by atoms with Crippen LogP contribution in [-0.4, -0.2) is 9.55 Å². The van der Waals surface area contributed by atoms with E-state index in [1.54, 1.807) is 0 Å². The Balaban J connectivity index is 1.92. The molecule has 0 bridgehead atoms. The van der Waals surface area contributed by atoms with E-state index in [2.05, 4.69) is 66.1 Å². The van der Waals surface area contributed by atoms with Gasteiger partial charge < -0.3 is 10.3 Å². The van der Waals surface area contributed by atoms with E-state index in [-0.39, 0.29) is 0 Å². The summed E-state index contributed by atoms with van der Waals surface area (Å²) in [4.78, 5) is 4.89. The van der Waals surface area contributed by atoms with E-state index >= 15 is 0 Å². The first-order chi connectivity index (χ1) is 12.1. The average Bonchev–Trinajstić information content (AvgIpc) is 2.98. The quantitative estimate of drug-likeness (QED) is 0.541. The molecule has 0 unspecified atom stereocenters. The van der Waals surface area contributed by atoms with Crippen molar-refractivity contribution >= 4 is 16.7 Å². The van der Waals surface area contributed by atoms with E-state index in [9.17, 15) is 0 Å². The molecule has 0 amide bonds. The molecule has 3 heteroatoms. The zero-order chi connectivity index (χ0) is 17.4. The fourth-order valence-electron chi connectivity index (χ4n) is 3.19. The number of anilines is 1. The number of imidazole rings is 1. The van der Waals surface area contributed by atoms with E-state index in [0.717, 1.165) is 40.2 Å². The Kier molecular flexibility index (Phi) is 3.77. The molecule has 25 heavy (non-hydrogen) atoms. The second-order valence-electron chi connectivity index (χ2n) is 6.51. The van der Waals surface area contributed by atoms with Gasteiger partial charge in [0.2, 0.25) is 0 Å². The minimum Gasteiger partial charge on any atom is -0.398 e. The van der Waals surface area contributed by atoms with E-state index in [1.165, 1.54) is 11.1 Å². The molecule has 0 spiro atoms. The van der Waals surface area contributed by atoms with Crippen LogP contribution in [-0.2, 0) is 6.54 Å². The molecular formula is C22H21N3. The lowest BCUT2D eigenvalue weighted by Gasteiger charge is -2.12. The summed E-state index contributed by atoms with van der Waals surface area (Å²) in [6.45, 7) is 4.96. The van der Waals surface area contributed by atoms with Gasteiger partial charge in [-0.05, 0) is 48.7 Å². The largest absolute Gasteiger partial charge is 0.398 e. The standard InChI is InChI=1S/C22H21N3/c1-15-7-3-4-8-18(15)14-25-21-10-6-5-9-20(21)24-22(25)17-12-11-16(2)19(23)13-17/h3-13H,14,23H2,1-2H3. The highest BCUT2D eigenvalue weighted by molar-refractivity contribution is 5.81. The lowest BCUT2D eigenvalue weighted by atomic mass is 10.1. The van der Waals surface area contributed by atoms with Gasteiger partial charge in [0.15, 0.2) is 0 Å². The van der Waals surface area contributed by atoms with Gasteiger partial charge in [-0.3, -0.25) is 0 Å². The van der Waals surface area contributed by atoms with Gasteiger partial charge in [-0.2, -0.15) is 0 Å². The molecule has 0 radical (unpaired) electrons. The Morgan fingerprint density at radius 3 is 2.44 bits per heavy atom.